The van der Waals surface area contributed by atoms with Crippen molar-refractivity contribution >= 4 is 18.4 Å². The van der Waals surface area contributed by atoms with Crippen molar-refractivity contribution in [2.45, 2.75) is 6.92 Å². The Balaban J connectivity index is 0.000000321. The lowest BCUT2D eigenvalue weighted by Crippen LogP contribution is -1.99. The number of benzene rings is 2. The van der Waals surface area contributed by atoms with Crippen LogP contribution in [0, 0.1) is 6.92 Å². The molecule has 0 amide bonds. The first-order chi connectivity index (χ1) is 8.24. The molecule has 0 aliphatic heterocycles. The minimum Gasteiger partial charge on any atom is -0.465 e. The fourth-order valence-electron chi connectivity index (χ4n) is 1.23. The summed E-state index contributed by atoms with van der Waals surface area (Å²) in [5.74, 6) is -0.291. The highest BCUT2D eigenvalue weighted by Crippen LogP contribution is 1.98. The lowest BCUT2D eigenvalue weighted by Gasteiger charge is -1.95. The van der Waals surface area contributed by atoms with Crippen LogP contribution in [0.3, 0.4) is 0 Å². The number of carbonyl (C=O) groups is 1. The van der Waals surface area contributed by atoms with E-state index < -0.39 is 0 Å². The molecular formula is C15H17ClO2. The summed E-state index contributed by atoms with van der Waals surface area (Å²) >= 11 is 0. The van der Waals surface area contributed by atoms with Gasteiger partial charge in [-0.25, -0.2) is 4.79 Å². The van der Waals surface area contributed by atoms with Crippen LogP contribution in [0.5, 0.6) is 0 Å². The summed E-state index contributed by atoms with van der Waals surface area (Å²) in [6.45, 7) is 2.08. The zero-order chi connectivity index (χ0) is 12.5. The molecule has 0 unspecified atom stereocenters. The SMILES string of the molecule is COC(=O)c1ccccc1.Cc1ccccc1.Cl. The molecule has 0 radical (unpaired) electrons. The Hall–Kier alpha value is -1.80. The van der Waals surface area contributed by atoms with Crippen LogP contribution in [0.25, 0.3) is 0 Å². The van der Waals surface area contributed by atoms with Crippen LogP contribution in [0.15, 0.2) is 60.7 Å². The first kappa shape index (κ1) is 16.2. The number of ether oxygens (including phenoxy) is 1. The fraction of sp³-hybridized carbons (Fsp3) is 0.133. The molecule has 0 fully saturated rings. The van der Waals surface area contributed by atoms with E-state index in [1.54, 1.807) is 24.3 Å². The summed E-state index contributed by atoms with van der Waals surface area (Å²) in [7, 11) is 1.37. The third-order valence-electron chi connectivity index (χ3n) is 2.14. The second kappa shape index (κ2) is 9.25. The van der Waals surface area contributed by atoms with Crippen LogP contribution in [0.2, 0.25) is 0 Å². The summed E-state index contributed by atoms with van der Waals surface area (Å²) in [5.41, 5.74) is 1.91. The van der Waals surface area contributed by atoms with Gasteiger partial charge in [0.15, 0.2) is 0 Å². The predicted molar refractivity (Wildman–Crippen MR) is 76.2 cm³/mol. The maximum absolute atomic E-state index is 10.8. The lowest BCUT2D eigenvalue weighted by molar-refractivity contribution is 0.0601. The maximum atomic E-state index is 10.8. The zero-order valence-corrected chi connectivity index (χ0v) is 11.3. The second-order valence-corrected chi connectivity index (χ2v) is 3.51. The second-order valence-electron chi connectivity index (χ2n) is 3.51. The minimum atomic E-state index is -0.291. The van der Waals surface area contributed by atoms with Gasteiger partial charge in [-0.2, -0.15) is 0 Å². The normalized spacial score (nSPS) is 8.33. The largest absolute Gasteiger partial charge is 0.465 e. The van der Waals surface area contributed by atoms with Gasteiger partial charge in [-0.05, 0) is 19.1 Å². The molecule has 0 aliphatic carbocycles. The van der Waals surface area contributed by atoms with Gasteiger partial charge in [-0.1, -0.05) is 54.1 Å². The molecule has 0 saturated heterocycles. The van der Waals surface area contributed by atoms with Gasteiger partial charge in [0, 0.05) is 0 Å². The number of esters is 1. The van der Waals surface area contributed by atoms with E-state index in [2.05, 4.69) is 23.8 Å². The van der Waals surface area contributed by atoms with Crippen molar-refractivity contribution in [3.63, 3.8) is 0 Å². The first-order valence-electron chi connectivity index (χ1n) is 5.39. The summed E-state index contributed by atoms with van der Waals surface area (Å²) in [6, 6.07) is 19.1. The molecule has 0 saturated carbocycles. The standard InChI is InChI=1S/C8H8O2.C7H8.ClH/c1-10-8(9)7-5-3-2-4-6-7;1-7-5-3-2-4-6-7;/h2-6H,1H3;2-6H,1H3;1H. The molecule has 2 rings (SSSR count). The highest BCUT2D eigenvalue weighted by atomic mass is 35.5. The minimum absolute atomic E-state index is 0. The Bertz CT molecular complexity index is 441. The lowest BCUT2D eigenvalue weighted by atomic mass is 10.2. The quantitative estimate of drug-likeness (QED) is 0.731. The Morgan fingerprint density at radius 1 is 0.889 bits per heavy atom. The molecule has 96 valence electrons. The number of rotatable bonds is 1. The van der Waals surface area contributed by atoms with Crippen molar-refractivity contribution in [3.8, 4) is 0 Å². The fourth-order valence-corrected chi connectivity index (χ4v) is 1.23. The molecule has 18 heavy (non-hydrogen) atoms. The van der Waals surface area contributed by atoms with E-state index >= 15 is 0 Å². The van der Waals surface area contributed by atoms with Crippen LogP contribution in [-0.4, -0.2) is 13.1 Å². The molecule has 0 spiro atoms. The number of halogens is 1. The van der Waals surface area contributed by atoms with Gasteiger partial charge in [0.2, 0.25) is 0 Å². The van der Waals surface area contributed by atoms with Crippen LogP contribution in [-0.2, 0) is 4.74 Å². The van der Waals surface area contributed by atoms with Crippen LogP contribution >= 0.6 is 12.4 Å². The van der Waals surface area contributed by atoms with Crippen LogP contribution < -0.4 is 0 Å². The molecule has 2 nitrogen and oxygen atoms in total. The van der Waals surface area contributed by atoms with Crippen molar-refractivity contribution < 1.29 is 9.53 Å². The average molecular weight is 265 g/mol. The third-order valence-corrected chi connectivity index (χ3v) is 2.14. The van der Waals surface area contributed by atoms with Crippen molar-refractivity contribution in [1.29, 1.82) is 0 Å². The number of hydrogen-bond acceptors (Lipinski definition) is 2. The molecule has 0 N–H and O–H groups in total. The highest BCUT2D eigenvalue weighted by molar-refractivity contribution is 5.89. The molecule has 3 heteroatoms. The van der Waals surface area contributed by atoms with Gasteiger partial charge in [0.05, 0.1) is 12.7 Å². The van der Waals surface area contributed by atoms with Gasteiger partial charge in [0.25, 0.3) is 0 Å². The number of aryl methyl sites for hydroxylation is 1. The van der Waals surface area contributed by atoms with E-state index in [1.165, 1.54) is 12.7 Å². The molecule has 2 aromatic rings. The molecular weight excluding hydrogens is 248 g/mol. The van der Waals surface area contributed by atoms with Crippen molar-refractivity contribution in [3.05, 3.63) is 71.8 Å². The van der Waals surface area contributed by atoms with Gasteiger partial charge in [0.1, 0.15) is 0 Å². The molecule has 0 aliphatic rings. The maximum Gasteiger partial charge on any atom is 0.337 e. The topological polar surface area (TPSA) is 26.3 Å². The summed E-state index contributed by atoms with van der Waals surface area (Å²) in [5, 5.41) is 0. The van der Waals surface area contributed by atoms with Gasteiger partial charge in [-0.3, -0.25) is 0 Å². The summed E-state index contributed by atoms with van der Waals surface area (Å²) < 4.78 is 4.50. The number of hydrogen-bond donors (Lipinski definition) is 0. The van der Waals surface area contributed by atoms with E-state index in [1.807, 2.05) is 24.3 Å². The van der Waals surface area contributed by atoms with Gasteiger partial charge >= 0.3 is 5.97 Å². The van der Waals surface area contributed by atoms with E-state index in [0.717, 1.165) is 0 Å². The molecule has 0 atom stereocenters. The predicted octanol–water partition coefficient (Wildman–Crippen LogP) is 3.89. The van der Waals surface area contributed by atoms with E-state index in [9.17, 15) is 4.79 Å². The molecule has 0 bridgehead atoms. The van der Waals surface area contributed by atoms with Gasteiger partial charge in [-0.15, -0.1) is 12.4 Å². The summed E-state index contributed by atoms with van der Waals surface area (Å²) in [4.78, 5) is 10.8. The monoisotopic (exact) mass is 264 g/mol. The van der Waals surface area contributed by atoms with E-state index in [4.69, 9.17) is 0 Å². The number of carbonyl (C=O) groups excluding carboxylic acids is 1. The molecule has 0 heterocycles. The first-order valence-corrected chi connectivity index (χ1v) is 5.39. The number of methoxy groups -OCH3 is 1. The molecule has 2 aromatic carbocycles. The third kappa shape index (κ3) is 6.06. The van der Waals surface area contributed by atoms with Crippen LogP contribution in [0.4, 0.5) is 0 Å². The van der Waals surface area contributed by atoms with Gasteiger partial charge < -0.3 is 4.74 Å². The summed E-state index contributed by atoms with van der Waals surface area (Å²) in [6.07, 6.45) is 0. The smallest absolute Gasteiger partial charge is 0.337 e. The Morgan fingerprint density at radius 3 is 1.67 bits per heavy atom. The van der Waals surface area contributed by atoms with Crippen molar-refractivity contribution in [1.82, 2.24) is 0 Å². The Kier molecular flexibility index (Phi) is 8.33. The van der Waals surface area contributed by atoms with Crippen LogP contribution in [0.1, 0.15) is 15.9 Å². The molecule has 0 aromatic heterocycles. The van der Waals surface area contributed by atoms with Crippen molar-refractivity contribution in [2.24, 2.45) is 0 Å². The van der Waals surface area contributed by atoms with E-state index in [0.29, 0.717) is 5.56 Å². The van der Waals surface area contributed by atoms with Crippen molar-refractivity contribution in [2.75, 3.05) is 7.11 Å². The Morgan fingerprint density at radius 2 is 1.33 bits per heavy atom. The highest BCUT2D eigenvalue weighted by Gasteiger charge is 2.00. The van der Waals surface area contributed by atoms with E-state index in [-0.39, 0.29) is 18.4 Å². The Labute approximate surface area is 114 Å². The zero-order valence-electron chi connectivity index (χ0n) is 10.5. The average Bonchev–Trinajstić information content (AvgIpc) is 2.40.